The van der Waals surface area contributed by atoms with Crippen LogP contribution in [0.4, 0.5) is 0 Å². The van der Waals surface area contributed by atoms with Crippen molar-refractivity contribution in [2.24, 2.45) is 0 Å². The van der Waals surface area contributed by atoms with E-state index in [0.717, 1.165) is 22.4 Å². The van der Waals surface area contributed by atoms with Gasteiger partial charge in [0.1, 0.15) is 11.5 Å². The van der Waals surface area contributed by atoms with E-state index in [-0.39, 0.29) is 0 Å². The van der Waals surface area contributed by atoms with Gasteiger partial charge in [-0.25, -0.2) is 0 Å². The molecular weight excluding hydrogens is 308 g/mol. The molecule has 1 unspecified atom stereocenters. The Balaban J connectivity index is 2.16. The molecule has 0 heterocycles. The van der Waals surface area contributed by atoms with E-state index in [1.807, 2.05) is 56.3 Å². The normalized spacial score (nSPS) is 12.3. The molecule has 0 bridgehead atoms. The molecule has 0 aliphatic heterocycles. The van der Waals surface area contributed by atoms with Crippen LogP contribution in [0.1, 0.15) is 22.3 Å². The molecule has 0 aliphatic carbocycles. The molecule has 2 rings (SSSR count). The van der Waals surface area contributed by atoms with E-state index in [0.29, 0.717) is 11.5 Å². The molecule has 23 heavy (non-hydrogen) atoms. The Bertz CT molecular complexity index is 718. The van der Waals surface area contributed by atoms with Crippen molar-refractivity contribution < 1.29 is 13.7 Å². The SMILES string of the molecule is COc1cc(C)c(/C=C/S(=O)Cc2ccc(C)cc2)c(OC)c1. The minimum Gasteiger partial charge on any atom is -0.497 e. The number of rotatable bonds is 6. The summed E-state index contributed by atoms with van der Waals surface area (Å²) in [5, 5.41) is 1.72. The largest absolute Gasteiger partial charge is 0.497 e. The first-order valence-corrected chi connectivity index (χ1v) is 8.75. The Morgan fingerprint density at radius 2 is 1.74 bits per heavy atom. The van der Waals surface area contributed by atoms with E-state index in [9.17, 15) is 4.21 Å². The summed E-state index contributed by atoms with van der Waals surface area (Å²) in [6.07, 6.45) is 1.86. The average Bonchev–Trinajstić information content (AvgIpc) is 2.55. The molecule has 0 saturated carbocycles. The Hall–Kier alpha value is -2.07. The summed E-state index contributed by atoms with van der Waals surface area (Å²) < 4.78 is 22.9. The highest BCUT2D eigenvalue weighted by molar-refractivity contribution is 7.87. The maximum atomic E-state index is 12.3. The molecule has 0 saturated heterocycles. The molecule has 0 aliphatic rings. The number of ether oxygens (including phenoxy) is 2. The highest BCUT2D eigenvalue weighted by Gasteiger charge is 2.07. The summed E-state index contributed by atoms with van der Waals surface area (Å²) in [6, 6.07) is 11.9. The molecule has 122 valence electrons. The lowest BCUT2D eigenvalue weighted by Gasteiger charge is -2.10. The van der Waals surface area contributed by atoms with Gasteiger partial charge in [0.25, 0.3) is 0 Å². The van der Waals surface area contributed by atoms with Crippen molar-refractivity contribution in [1.29, 1.82) is 0 Å². The predicted molar refractivity (Wildman–Crippen MR) is 96.3 cm³/mol. The van der Waals surface area contributed by atoms with Gasteiger partial charge in [0.2, 0.25) is 0 Å². The highest BCUT2D eigenvalue weighted by Crippen LogP contribution is 2.29. The molecular formula is C19H22O3S. The first kappa shape index (κ1) is 17.3. The zero-order valence-electron chi connectivity index (χ0n) is 14.0. The molecule has 3 nitrogen and oxygen atoms in total. The van der Waals surface area contributed by atoms with Gasteiger partial charge in [-0.15, -0.1) is 0 Å². The molecule has 2 aromatic rings. The van der Waals surface area contributed by atoms with Crippen molar-refractivity contribution in [3.63, 3.8) is 0 Å². The van der Waals surface area contributed by atoms with Gasteiger partial charge in [0.05, 0.1) is 30.8 Å². The fraction of sp³-hybridized carbons (Fsp3) is 0.263. The Morgan fingerprint density at radius 3 is 2.35 bits per heavy atom. The maximum Gasteiger partial charge on any atom is 0.130 e. The Morgan fingerprint density at radius 1 is 1.04 bits per heavy atom. The van der Waals surface area contributed by atoms with Crippen LogP contribution in [0.15, 0.2) is 41.8 Å². The van der Waals surface area contributed by atoms with E-state index in [1.54, 1.807) is 19.6 Å². The van der Waals surface area contributed by atoms with E-state index in [4.69, 9.17) is 9.47 Å². The molecule has 0 N–H and O–H groups in total. The Kier molecular flexibility index (Phi) is 5.99. The minimum atomic E-state index is -1.07. The second kappa shape index (κ2) is 7.97. The van der Waals surface area contributed by atoms with Crippen molar-refractivity contribution >= 4 is 16.9 Å². The van der Waals surface area contributed by atoms with Crippen LogP contribution >= 0.6 is 0 Å². The van der Waals surface area contributed by atoms with Crippen molar-refractivity contribution in [2.45, 2.75) is 19.6 Å². The van der Waals surface area contributed by atoms with Gasteiger partial charge < -0.3 is 9.47 Å². The number of benzene rings is 2. The number of hydrogen-bond acceptors (Lipinski definition) is 3. The first-order chi connectivity index (χ1) is 11.0. The average molecular weight is 330 g/mol. The summed E-state index contributed by atoms with van der Waals surface area (Å²) in [5.41, 5.74) is 4.21. The molecule has 0 spiro atoms. The molecule has 0 radical (unpaired) electrons. The van der Waals surface area contributed by atoms with Gasteiger partial charge in [0, 0.05) is 17.0 Å². The van der Waals surface area contributed by atoms with E-state index in [2.05, 4.69) is 0 Å². The van der Waals surface area contributed by atoms with Gasteiger partial charge in [0.15, 0.2) is 0 Å². The lowest BCUT2D eigenvalue weighted by molar-refractivity contribution is 0.393. The molecule has 2 aromatic carbocycles. The lowest BCUT2D eigenvalue weighted by atomic mass is 10.1. The van der Waals surface area contributed by atoms with Crippen LogP contribution in [0, 0.1) is 13.8 Å². The molecule has 0 amide bonds. The van der Waals surface area contributed by atoms with Gasteiger partial charge in [-0.05, 0) is 37.1 Å². The van der Waals surface area contributed by atoms with Crippen LogP contribution < -0.4 is 9.47 Å². The summed E-state index contributed by atoms with van der Waals surface area (Å²) in [4.78, 5) is 0. The van der Waals surface area contributed by atoms with Crippen LogP contribution in [0.3, 0.4) is 0 Å². The van der Waals surface area contributed by atoms with Crippen molar-refractivity contribution in [3.8, 4) is 11.5 Å². The number of methoxy groups -OCH3 is 2. The van der Waals surface area contributed by atoms with Gasteiger partial charge in [-0.3, -0.25) is 4.21 Å². The van der Waals surface area contributed by atoms with Gasteiger partial charge in [-0.2, -0.15) is 0 Å². The van der Waals surface area contributed by atoms with Crippen LogP contribution in [-0.2, 0) is 16.6 Å². The van der Waals surface area contributed by atoms with Crippen LogP contribution in [0.25, 0.3) is 6.08 Å². The fourth-order valence-corrected chi connectivity index (χ4v) is 3.18. The van der Waals surface area contributed by atoms with Crippen LogP contribution in [0.5, 0.6) is 11.5 Å². The minimum absolute atomic E-state index is 0.508. The molecule has 0 aromatic heterocycles. The monoisotopic (exact) mass is 330 g/mol. The standard InChI is InChI=1S/C19H22O3S/c1-14-5-7-16(8-6-14)13-23(20)10-9-18-15(2)11-17(21-3)12-19(18)22-4/h5-12H,13H2,1-4H3/b10-9+. The molecule has 0 fully saturated rings. The first-order valence-electron chi connectivity index (χ1n) is 7.37. The topological polar surface area (TPSA) is 35.5 Å². The zero-order chi connectivity index (χ0) is 16.8. The summed E-state index contributed by atoms with van der Waals surface area (Å²) >= 11 is 0. The van der Waals surface area contributed by atoms with E-state index < -0.39 is 10.8 Å². The molecule has 1 atom stereocenters. The fourth-order valence-electron chi connectivity index (χ4n) is 2.28. The second-order valence-electron chi connectivity index (χ2n) is 5.37. The van der Waals surface area contributed by atoms with Crippen LogP contribution in [-0.4, -0.2) is 18.4 Å². The third kappa shape index (κ3) is 4.70. The van der Waals surface area contributed by atoms with Gasteiger partial charge in [-0.1, -0.05) is 29.8 Å². The van der Waals surface area contributed by atoms with Crippen molar-refractivity contribution in [2.75, 3.05) is 14.2 Å². The summed E-state index contributed by atoms with van der Waals surface area (Å²) in [5.74, 6) is 1.97. The predicted octanol–water partition coefficient (Wildman–Crippen LogP) is 4.24. The number of aryl methyl sites for hydroxylation is 2. The Labute approximate surface area is 140 Å². The lowest BCUT2D eigenvalue weighted by Crippen LogP contribution is -1.94. The van der Waals surface area contributed by atoms with E-state index >= 15 is 0 Å². The van der Waals surface area contributed by atoms with Gasteiger partial charge >= 0.3 is 0 Å². The van der Waals surface area contributed by atoms with Crippen molar-refractivity contribution in [3.05, 3.63) is 64.1 Å². The number of hydrogen-bond donors (Lipinski definition) is 0. The maximum absolute atomic E-state index is 12.3. The summed E-state index contributed by atoms with van der Waals surface area (Å²) in [7, 11) is 2.17. The quantitative estimate of drug-likeness (QED) is 0.795. The molecule has 4 heteroatoms. The highest BCUT2D eigenvalue weighted by atomic mass is 32.2. The zero-order valence-corrected chi connectivity index (χ0v) is 14.8. The summed E-state index contributed by atoms with van der Waals surface area (Å²) in [6.45, 7) is 4.02. The second-order valence-corrected chi connectivity index (χ2v) is 6.70. The van der Waals surface area contributed by atoms with E-state index in [1.165, 1.54) is 5.56 Å². The third-order valence-electron chi connectivity index (χ3n) is 3.59. The smallest absolute Gasteiger partial charge is 0.130 e. The third-order valence-corrected chi connectivity index (χ3v) is 4.65. The van der Waals surface area contributed by atoms with Crippen molar-refractivity contribution in [1.82, 2.24) is 0 Å². The van der Waals surface area contributed by atoms with Crippen LogP contribution in [0.2, 0.25) is 0 Å².